The van der Waals surface area contributed by atoms with Gasteiger partial charge in [-0.25, -0.2) is 39.9 Å². The molecule has 0 unspecified atom stereocenters. The molecule has 0 amide bonds. The van der Waals surface area contributed by atoms with Crippen molar-refractivity contribution >= 4 is 62.8 Å². The Morgan fingerprint density at radius 2 is 1.28 bits per heavy atom. The van der Waals surface area contributed by atoms with Crippen LogP contribution in [0.1, 0.15) is 11.6 Å². The van der Waals surface area contributed by atoms with E-state index >= 15 is 0 Å². The average molecular weight is 717 g/mol. The van der Waals surface area contributed by atoms with Gasteiger partial charge in [0, 0.05) is 30.0 Å². The summed E-state index contributed by atoms with van der Waals surface area (Å²) in [7, 11) is 0. The predicted octanol–water partition coefficient (Wildman–Crippen LogP) is 6.28. The van der Waals surface area contributed by atoms with E-state index < -0.39 is 0 Å². The molecule has 266 valence electrons. The van der Waals surface area contributed by atoms with Gasteiger partial charge in [-0.1, -0.05) is 30.3 Å². The molecule has 0 atom stereocenters. The number of nitrogens with two attached hydrogens (primary N) is 1. The second kappa shape index (κ2) is 14.3. The van der Waals surface area contributed by atoms with Gasteiger partial charge >= 0.3 is 0 Å². The molecular weight excluding hydrogens is 685 g/mol. The Morgan fingerprint density at radius 3 is 1.93 bits per heavy atom. The van der Waals surface area contributed by atoms with Crippen molar-refractivity contribution in [1.82, 2.24) is 59.2 Å². The topological polar surface area (TPSA) is 224 Å². The Labute approximate surface area is 307 Å². The highest BCUT2D eigenvalue weighted by molar-refractivity contribution is 5.83. The number of hydrogen-bond acceptors (Lipinski definition) is 14. The monoisotopic (exact) mass is 716 g/mol. The first-order valence-corrected chi connectivity index (χ1v) is 16.6. The van der Waals surface area contributed by atoms with Crippen LogP contribution in [0.2, 0.25) is 0 Å². The lowest BCUT2D eigenvalue weighted by molar-refractivity contribution is 0.475. The highest BCUT2D eigenvalue weighted by atomic mass is 16.3. The molecule has 0 spiro atoms. The number of anilines is 7. The molecule has 9 aromatic rings. The van der Waals surface area contributed by atoms with Crippen molar-refractivity contribution in [3.63, 3.8) is 0 Å². The van der Waals surface area contributed by atoms with E-state index in [4.69, 9.17) is 10.7 Å². The van der Waals surface area contributed by atoms with E-state index in [0.29, 0.717) is 52.5 Å². The van der Waals surface area contributed by atoms with E-state index in [-0.39, 0.29) is 5.75 Å². The third-order valence-corrected chi connectivity index (χ3v) is 7.93. The van der Waals surface area contributed by atoms with Crippen LogP contribution in [0.15, 0.2) is 116 Å². The molecular formula is C37H32N16O. The van der Waals surface area contributed by atoms with Crippen LogP contribution in [0.4, 0.5) is 40.7 Å². The van der Waals surface area contributed by atoms with Crippen molar-refractivity contribution < 1.29 is 5.11 Å². The predicted molar refractivity (Wildman–Crippen MR) is 206 cm³/mol. The fourth-order valence-electron chi connectivity index (χ4n) is 5.77. The minimum absolute atomic E-state index is 0.169. The van der Waals surface area contributed by atoms with Gasteiger partial charge in [-0.05, 0) is 50.2 Å². The van der Waals surface area contributed by atoms with Gasteiger partial charge < -0.3 is 26.8 Å². The highest BCUT2D eigenvalue weighted by Crippen LogP contribution is 2.29. The molecule has 3 aromatic carbocycles. The maximum Gasteiger partial charge on any atom is 0.215 e. The number of fused-ring (bicyclic) bond motifs is 2. The van der Waals surface area contributed by atoms with Crippen molar-refractivity contribution in [1.29, 1.82) is 0 Å². The van der Waals surface area contributed by atoms with Crippen LogP contribution < -0.4 is 21.7 Å². The number of phenolic OH excluding ortho intramolecular Hbond substituents is 1. The number of benzene rings is 3. The highest BCUT2D eigenvalue weighted by Gasteiger charge is 2.17. The molecule has 54 heavy (non-hydrogen) atoms. The zero-order valence-corrected chi connectivity index (χ0v) is 28.9. The first-order chi connectivity index (χ1) is 26.4. The fourth-order valence-corrected chi connectivity index (χ4v) is 5.77. The van der Waals surface area contributed by atoms with Crippen LogP contribution in [-0.2, 0) is 0 Å². The van der Waals surface area contributed by atoms with Gasteiger partial charge in [0.25, 0.3) is 0 Å². The van der Waals surface area contributed by atoms with E-state index in [1.165, 1.54) is 6.33 Å². The largest absolute Gasteiger partial charge is 0.508 e. The molecule has 7 N–H and O–H groups in total. The van der Waals surface area contributed by atoms with Crippen LogP contribution >= 0.6 is 0 Å². The van der Waals surface area contributed by atoms with E-state index in [9.17, 15) is 5.11 Å². The van der Waals surface area contributed by atoms with Crippen LogP contribution in [0.5, 0.6) is 5.75 Å². The minimum atomic E-state index is 0.169. The first-order valence-electron chi connectivity index (χ1n) is 16.6. The molecule has 6 aromatic heterocycles. The van der Waals surface area contributed by atoms with Gasteiger partial charge in [0.15, 0.2) is 0 Å². The second-order valence-electron chi connectivity index (χ2n) is 11.9. The van der Waals surface area contributed by atoms with Gasteiger partial charge in [0.05, 0.1) is 46.3 Å². The van der Waals surface area contributed by atoms with E-state index in [1.807, 2.05) is 82.8 Å². The molecule has 0 saturated carbocycles. The lowest BCUT2D eigenvalue weighted by atomic mass is 10.3. The van der Waals surface area contributed by atoms with Gasteiger partial charge in [0.1, 0.15) is 52.8 Å². The standard InChI is InChI=1S/C22H18N8O.C15H14N8/c1-14-25-20(27-16-11-23-13-24-12-16)10-21(26-14)30-19-8-3-2-7-18(19)29-22(30)28-15-5-4-6-17(31)9-15;1-9-18-12(16)8-14(19-9)23-11-5-3-2-4-10(11)20-15(23)21-13-6-7-17-22-13/h2-13,31H,1H3,(H,28,29)(H,25,26,27);2-8H,1H3,(H2,16,18,19)(H2,17,20,21,22). The van der Waals surface area contributed by atoms with E-state index in [2.05, 4.69) is 61.0 Å². The van der Waals surface area contributed by atoms with Crippen LogP contribution in [-0.4, -0.2) is 64.3 Å². The van der Waals surface area contributed by atoms with Crippen molar-refractivity contribution in [3.8, 4) is 17.4 Å². The molecule has 17 nitrogen and oxygen atoms in total. The van der Waals surface area contributed by atoms with Gasteiger partial charge in [-0.3, -0.25) is 14.2 Å². The number of aromatic nitrogens is 12. The number of imidazole rings is 2. The van der Waals surface area contributed by atoms with Gasteiger partial charge in [0.2, 0.25) is 11.9 Å². The molecule has 0 aliphatic carbocycles. The number of H-pyrrole nitrogens is 1. The van der Waals surface area contributed by atoms with Gasteiger partial charge in [-0.2, -0.15) is 5.10 Å². The van der Waals surface area contributed by atoms with Crippen LogP contribution in [0.3, 0.4) is 0 Å². The number of rotatable bonds is 8. The van der Waals surface area contributed by atoms with Gasteiger partial charge in [-0.15, -0.1) is 0 Å². The normalized spacial score (nSPS) is 10.9. The van der Waals surface area contributed by atoms with E-state index in [1.54, 1.807) is 49.8 Å². The number of nitrogens with one attached hydrogen (secondary N) is 4. The molecule has 0 saturated heterocycles. The molecule has 0 aliphatic rings. The Morgan fingerprint density at radius 1 is 0.630 bits per heavy atom. The second-order valence-corrected chi connectivity index (χ2v) is 11.9. The molecule has 0 aliphatic heterocycles. The third kappa shape index (κ3) is 7.12. The Hall–Kier alpha value is -7.95. The van der Waals surface area contributed by atoms with Crippen molar-refractivity contribution in [2.75, 3.05) is 21.7 Å². The SMILES string of the molecule is Cc1nc(N)cc(-n2c(Nc3ccn[nH]3)nc3ccccc32)n1.Cc1nc(Nc2cncnc2)cc(-n2c(Nc3cccc(O)c3)nc3ccccc32)n1. The van der Waals surface area contributed by atoms with Crippen molar-refractivity contribution in [2.24, 2.45) is 0 Å². The average Bonchev–Trinajstić information content (AvgIpc) is 3.89. The minimum Gasteiger partial charge on any atom is -0.508 e. The summed E-state index contributed by atoms with van der Waals surface area (Å²) < 4.78 is 3.82. The summed E-state index contributed by atoms with van der Waals surface area (Å²) in [4.78, 5) is 35.1. The number of hydrogen-bond donors (Lipinski definition) is 6. The third-order valence-electron chi connectivity index (χ3n) is 7.93. The summed E-state index contributed by atoms with van der Waals surface area (Å²) in [5.74, 6) is 5.61. The Kier molecular flexibility index (Phi) is 8.82. The summed E-state index contributed by atoms with van der Waals surface area (Å²) in [6, 6.07) is 27.9. The molecule has 6 heterocycles. The molecule has 0 radical (unpaired) electrons. The number of para-hydroxylation sites is 4. The summed E-state index contributed by atoms with van der Waals surface area (Å²) in [5.41, 5.74) is 10.8. The molecule has 17 heteroatoms. The number of nitrogen functional groups attached to an aromatic ring is 1. The summed E-state index contributed by atoms with van der Waals surface area (Å²) in [6.45, 7) is 3.64. The summed E-state index contributed by atoms with van der Waals surface area (Å²) >= 11 is 0. The quantitative estimate of drug-likeness (QED) is 0.102. The fraction of sp³-hybridized carbons (Fsp3) is 0.0541. The molecule has 9 rings (SSSR count). The maximum atomic E-state index is 9.82. The van der Waals surface area contributed by atoms with Crippen LogP contribution in [0, 0.1) is 13.8 Å². The number of aromatic amines is 1. The zero-order valence-electron chi connectivity index (χ0n) is 28.9. The zero-order chi connectivity index (χ0) is 37.0. The summed E-state index contributed by atoms with van der Waals surface area (Å²) in [6.07, 6.45) is 6.48. The molecule has 0 bridgehead atoms. The lowest BCUT2D eigenvalue weighted by Gasteiger charge is -2.13. The number of aromatic hydroxyl groups is 1. The van der Waals surface area contributed by atoms with Crippen molar-refractivity contribution in [3.05, 3.63) is 128 Å². The Balaban J connectivity index is 0.000000160. The van der Waals surface area contributed by atoms with Crippen molar-refractivity contribution in [2.45, 2.75) is 13.8 Å². The number of nitrogens with zero attached hydrogens (tertiary/aromatic N) is 11. The Bertz CT molecular complexity index is 2690. The molecule has 0 fully saturated rings. The lowest BCUT2D eigenvalue weighted by Crippen LogP contribution is -2.07. The first kappa shape index (κ1) is 33.2. The maximum absolute atomic E-state index is 9.82. The van der Waals surface area contributed by atoms with Crippen LogP contribution in [0.25, 0.3) is 33.7 Å². The number of phenols is 1. The smallest absolute Gasteiger partial charge is 0.215 e. The summed E-state index contributed by atoms with van der Waals surface area (Å²) in [5, 5.41) is 26.3. The number of aryl methyl sites for hydroxylation is 2. The van der Waals surface area contributed by atoms with E-state index in [0.717, 1.165) is 33.6 Å².